The summed E-state index contributed by atoms with van der Waals surface area (Å²) in [5.41, 5.74) is 7.18. The largest absolute Gasteiger partial charge is 0.371 e. The van der Waals surface area contributed by atoms with Crippen molar-refractivity contribution in [1.29, 1.82) is 0 Å². The number of hydrogen-bond donors (Lipinski definition) is 2. The van der Waals surface area contributed by atoms with E-state index in [0.717, 1.165) is 30.7 Å². The van der Waals surface area contributed by atoms with Gasteiger partial charge in [-0.1, -0.05) is 29.8 Å². The van der Waals surface area contributed by atoms with Crippen LogP contribution in [-0.2, 0) is 0 Å². The lowest BCUT2D eigenvalue weighted by Gasteiger charge is -2.19. The van der Waals surface area contributed by atoms with Gasteiger partial charge in [-0.15, -0.1) is 0 Å². The number of guanidine groups is 1. The fourth-order valence-corrected chi connectivity index (χ4v) is 2.74. The fourth-order valence-electron chi connectivity index (χ4n) is 2.47. The van der Waals surface area contributed by atoms with E-state index in [-0.39, 0.29) is 0 Å². The Morgan fingerprint density at radius 2 is 2.14 bits per heavy atom. The lowest BCUT2D eigenvalue weighted by Crippen LogP contribution is -2.36. The van der Waals surface area contributed by atoms with Gasteiger partial charge in [0.15, 0.2) is 5.96 Å². The van der Waals surface area contributed by atoms with Gasteiger partial charge in [0.2, 0.25) is 0 Å². The molecule has 0 amide bonds. The maximum Gasteiger partial charge on any atom is 0.188 e. The summed E-state index contributed by atoms with van der Waals surface area (Å²) in [6.45, 7) is 8.16. The molecule has 0 aromatic heterocycles. The Morgan fingerprint density at radius 1 is 1.43 bits per heavy atom. The van der Waals surface area contributed by atoms with E-state index in [1.165, 1.54) is 12.1 Å². The van der Waals surface area contributed by atoms with Crippen LogP contribution in [-0.4, -0.2) is 32.1 Å². The van der Waals surface area contributed by atoms with Crippen LogP contribution in [0.4, 0.5) is 5.69 Å². The molecule has 5 heteroatoms. The van der Waals surface area contributed by atoms with E-state index in [9.17, 15) is 0 Å². The zero-order chi connectivity index (χ0) is 15.2. The smallest absolute Gasteiger partial charge is 0.188 e. The standard InChI is InChI=1S/C16H25BrN4/c1-12(2)9-19-16(18)20-10-13-7-8-21(11-13)15-5-3-14(17)4-6-15/h3-6,12-13H,7-11H2,1-2H3,(H3,18,19,20). The summed E-state index contributed by atoms with van der Waals surface area (Å²) in [6, 6.07) is 8.52. The number of aliphatic imine (C=N–C) groups is 1. The molecule has 1 saturated heterocycles. The molecule has 21 heavy (non-hydrogen) atoms. The Hall–Kier alpha value is -1.23. The number of nitrogens with zero attached hydrogens (tertiary/aromatic N) is 2. The minimum Gasteiger partial charge on any atom is -0.371 e. The highest BCUT2D eigenvalue weighted by Crippen LogP contribution is 2.24. The van der Waals surface area contributed by atoms with Crippen LogP contribution in [0.15, 0.2) is 33.7 Å². The molecule has 0 bridgehead atoms. The Bertz CT molecular complexity index is 470. The van der Waals surface area contributed by atoms with E-state index in [4.69, 9.17) is 5.73 Å². The predicted octanol–water partition coefficient (Wildman–Crippen LogP) is 2.84. The third-order valence-corrected chi connectivity index (χ3v) is 4.20. The van der Waals surface area contributed by atoms with E-state index >= 15 is 0 Å². The molecule has 1 unspecified atom stereocenters. The molecule has 0 aliphatic carbocycles. The molecule has 2 rings (SSSR count). The fraction of sp³-hybridized carbons (Fsp3) is 0.562. The normalized spacial score (nSPS) is 19.3. The molecule has 3 N–H and O–H groups in total. The van der Waals surface area contributed by atoms with Crippen molar-refractivity contribution in [3.63, 3.8) is 0 Å². The van der Waals surface area contributed by atoms with Crippen LogP contribution in [0, 0.1) is 11.8 Å². The number of rotatable bonds is 5. The molecule has 1 aromatic carbocycles. The van der Waals surface area contributed by atoms with E-state index in [1.807, 2.05) is 0 Å². The van der Waals surface area contributed by atoms with Crippen LogP contribution >= 0.6 is 15.9 Å². The van der Waals surface area contributed by atoms with E-state index < -0.39 is 0 Å². The van der Waals surface area contributed by atoms with Crippen LogP contribution in [0.25, 0.3) is 0 Å². The number of anilines is 1. The summed E-state index contributed by atoms with van der Waals surface area (Å²) in [6.07, 6.45) is 1.19. The topological polar surface area (TPSA) is 53.6 Å². The van der Waals surface area contributed by atoms with Gasteiger partial charge in [-0.05, 0) is 42.5 Å². The highest BCUT2D eigenvalue weighted by atomic mass is 79.9. The summed E-state index contributed by atoms with van der Waals surface area (Å²) in [4.78, 5) is 6.77. The van der Waals surface area contributed by atoms with Crippen LogP contribution < -0.4 is 16.0 Å². The summed E-state index contributed by atoms with van der Waals surface area (Å²) in [7, 11) is 0. The van der Waals surface area contributed by atoms with E-state index in [2.05, 4.69) is 69.3 Å². The van der Waals surface area contributed by atoms with Crippen molar-refractivity contribution in [3.8, 4) is 0 Å². The van der Waals surface area contributed by atoms with Crippen molar-refractivity contribution in [2.75, 3.05) is 31.1 Å². The van der Waals surface area contributed by atoms with Gasteiger partial charge in [0.1, 0.15) is 0 Å². The minimum atomic E-state index is 0.546. The third kappa shape index (κ3) is 5.23. The SMILES string of the molecule is CC(C)CN=C(N)NCC1CCN(c2ccc(Br)cc2)C1. The maximum atomic E-state index is 5.88. The van der Waals surface area contributed by atoms with Gasteiger partial charge in [0, 0.05) is 36.3 Å². The van der Waals surface area contributed by atoms with Crippen molar-refractivity contribution in [2.24, 2.45) is 22.6 Å². The maximum absolute atomic E-state index is 5.88. The molecule has 0 spiro atoms. The second kappa shape index (κ2) is 7.69. The predicted molar refractivity (Wildman–Crippen MR) is 93.8 cm³/mol. The highest BCUT2D eigenvalue weighted by Gasteiger charge is 2.22. The molecule has 1 atom stereocenters. The van der Waals surface area contributed by atoms with Crippen molar-refractivity contribution >= 4 is 27.6 Å². The second-order valence-electron chi connectivity index (χ2n) is 6.08. The average molecular weight is 353 g/mol. The molecular formula is C16H25BrN4. The number of nitrogens with one attached hydrogen (secondary N) is 1. The van der Waals surface area contributed by atoms with Crippen molar-refractivity contribution in [2.45, 2.75) is 20.3 Å². The molecule has 4 nitrogen and oxygen atoms in total. The monoisotopic (exact) mass is 352 g/mol. The molecule has 1 fully saturated rings. The van der Waals surface area contributed by atoms with Crippen LogP contribution in [0.5, 0.6) is 0 Å². The summed E-state index contributed by atoms with van der Waals surface area (Å²) in [5, 5.41) is 3.25. The third-order valence-electron chi connectivity index (χ3n) is 3.68. The summed E-state index contributed by atoms with van der Waals surface area (Å²) < 4.78 is 1.12. The van der Waals surface area contributed by atoms with E-state index in [0.29, 0.717) is 17.8 Å². The Labute approximate surface area is 135 Å². The molecule has 0 radical (unpaired) electrons. The van der Waals surface area contributed by atoms with Gasteiger partial charge in [0.25, 0.3) is 0 Å². The summed E-state index contributed by atoms with van der Waals surface area (Å²) in [5.74, 6) is 1.75. The van der Waals surface area contributed by atoms with Gasteiger partial charge in [-0.25, -0.2) is 0 Å². The molecule has 1 aliphatic rings. The van der Waals surface area contributed by atoms with E-state index in [1.54, 1.807) is 0 Å². The quantitative estimate of drug-likeness (QED) is 0.632. The van der Waals surface area contributed by atoms with Gasteiger partial charge in [-0.2, -0.15) is 0 Å². The molecular weight excluding hydrogens is 328 g/mol. The van der Waals surface area contributed by atoms with Gasteiger partial charge in [-0.3, -0.25) is 4.99 Å². The van der Waals surface area contributed by atoms with Gasteiger partial charge < -0.3 is 16.0 Å². The van der Waals surface area contributed by atoms with Crippen molar-refractivity contribution < 1.29 is 0 Å². The number of hydrogen-bond acceptors (Lipinski definition) is 2. The Kier molecular flexibility index (Phi) is 5.91. The minimum absolute atomic E-state index is 0.546. The van der Waals surface area contributed by atoms with Gasteiger partial charge in [0.05, 0.1) is 0 Å². The molecule has 0 saturated carbocycles. The lowest BCUT2D eigenvalue weighted by atomic mass is 10.1. The first-order valence-electron chi connectivity index (χ1n) is 7.59. The van der Waals surface area contributed by atoms with Gasteiger partial charge >= 0.3 is 0 Å². The zero-order valence-corrected chi connectivity index (χ0v) is 14.4. The van der Waals surface area contributed by atoms with Crippen molar-refractivity contribution in [3.05, 3.63) is 28.7 Å². The van der Waals surface area contributed by atoms with Crippen molar-refractivity contribution in [1.82, 2.24) is 5.32 Å². The Morgan fingerprint density at radius 3 is 2.81 bits per heavy atom. The number of nitrogens with two attached hydrogens (primary N) is 1. The first-order chi connectivity index (χ1) is 10.0. The molecule has 1 aliphatic heterocycles. The Balaban J connectivity index is 1.77. The molecule has 1 heterocycles. The van der Waals surface area contributed by atoms with Crippen LogP contribution in [0.2, 0.25) is 0 Å². The average Bonchev–Trinajstić information content (AvgIpc) is 2.92. The van der Waals surface area contributed by atoms with Crippen LogP contribution in [0.3, 0.4) is 0 Å². The second-order valence-corrected chi connectivity index (χ2v) is 6.99. The molecule has 116 valence electrons. The first-order valence-corrected chi connectivity index (χ1v) is 8.38. The lowest BCUT2D eigenvalue weighted by molar-refractivity contribution is 0.568. The number of benzene rings is 1. The highest BCUT2D eigenvalue weighted by molar-refractivity contribution is 9.10. The first kappa shape index (κ1) is 16.1. The number of halogens is 1. The zero-order valence-electron chi connectivity index (χ0n) is 12.8. The summed E-state index contributed by atoms with van der Waals surface area (Å²) >= 11 is 3.48. The van der Waals surface area contributed by atoms with Crippen LogP contribution in [0.1, 0.15) is 20.3 Å². The molecule has 1 aromatic rings.